The molecule has 142 valence electrons. The Hall–Kier alpha value is -3.22. The van der Waals surface area contributed by atoms with Gasteiger partial charge in [-0.05, 0) is 51.1 Å². The van der Waals surface area contributed by atoms with Crippen molar-refractivity contribution in [3.05, 3.63) is 53.2 Å². The van der Waals surface area contributed by atoms with Crippen molar-refractivity contribution in [3.8, 4) is 5.75 Å². The van der Waals surface area contributed by atoms with E-state index in [0.717, 1.165) is 0 Å². The van der Waals surface area contributed by atoms with Crippen LogP contribution in [0.4, 0.5) is 0 Å². The van der Waals surface area contributed by atoms with Crippen molar-refractivity contribution in [3.63, 3.8) is 0 Å². The van der Waals surface area contributed by atoms with E-state index in [4.69, 9.17) is 18.3 Å². The summed E-state index contributed by atoms with van der Waals surface area (Å²) in [6.07, 6.45) is -0.232. The number of hydrogen-bond donors (Lipinski definition) is 0. The fourth-order valence-corrected chi connectivity index (χ4v) is 2.64. The van der Waals surface area contributed by atoms with Gasteiger partial charge < -0.3 is 23.0 Å². The molecule has 3 aromatic rings. The maximum atomic E-state index is 12.4. The first-order chi connectivity index (χ1) is 12.9. The van der Waals surface area contributed by atoms with Gasteiger partial charge in [0.25, 0.3) is 0 Å². The summed E-state index contributed by atoms with van der Waals surface area (Å²) in [4.78, 5) is 23.8. The first kappa shape index (κ1) is 18.6. The Kier molecular flexibility index (Phi) is 5.21. The number of carbonyl (C=O) groups is 2. The molecule has 0 aliphatic rings. The van der Waals surface area contributed by atoms with Gasteiger partial charge in [0.05, 0.1) is 13.2 Å². The molecule has 7 heteroatoms. The number of fused-ring (bicyclic) bond motifs is 1. The van der Waals surface area contributed by atoms with Gasteiger partial charge in [-0.2, -0.15) is 0 Å². The number of rotatable bonds is 6. The molecule has 2 aromatic heterocycles. The molecule has 7 nitrogen and oxygen atoms in total. The van der Waals surface area contributed by atoms with E-state index < -0.39 is 11.9 Å². The summed E-state index contributed by atoms with van der Waals surface area (Å²) in [7, 11) is 1.28. The van der Waals surface area contributed by atoms with E-state index in [9.17, 15) is 9.59 Å². The van der Waals surface area contributed by atoms with E-state index in [-0.39, 0.29) is 18.5 Å². The molecule has 0 atom stereocenters. The first-order valence-corrected chi connectivity index (χ1v) is 8.43. The van der Waals surface area contributed by atoms with E-state index >= 15 is 0 Å². The lowest BCUT2D eigenvalue weighted by Crippen LogP contribution is -2.12. The lowest BCUT2D eigenvalue weighted by molar-refractivity contribution is 0.0377. The highest BCUT2D eigenvalue weighted by Crippen LogP contribution is 2.30. The van der Waals surface area contributed by atoms with Gasteiger partial charge in [-0.3, -0.25) is 0 Å². The lowest BCUT2D eigenvalue weighted by Gasteiger charge is -2.08. The lowest BCUT2D eigenvalue weighted by atomic mass is 10.1. The molecule has 0 bridgehead atoms. The molecular formula is C20H20O7. The molecular weight excluding hydrogens is 352 g/mol. The van der Waals surface area contributed by atoms with Crippen molar-refractivity contribution in [1.29, 1.82) is 0 Å². The van der Waals surface area contributed by atoms with Gasteiger partial charge in [0.15, 0.2) is 0 Å². The standard InChI is InChI=1S/C20H20O7/c1-11(2)25-20(22)18-12(3)26-16-7-5-13(9-15(16)18)24-10-14-6-8-17(27-14)19(21)23-4/h5-9,11H,10H2,1-4H3. The van der Waals surface area contributed by atoms with Crippen LogP contribution in [0.2, 0.25) is 0 Å². The van der Waals surface area contributed by atoms with Crippen LogP contribution < -0.4 is 4.74 Å². The molecule has 0 saturated heterocycles. The monoisotopic (exact) mass is 372 g/mol. The topological polar surface area (TPSA) is 88.1 Å². The predicted octanol–water partition coefficient (Wildman–Crippen LogP) is 4.27. The number of hydrogen-bond acceptors (Lipinski definition) is 7. The Morgan fingerprint density at radius 1 is 1.07 bits per heavy atom. The smallest absolute Gasteiger partial charge is 0.373 e. The summed E-state index contributed by atoms with van der Waals surface area (Å²) in [5, 5.41) is 0.616. The minimum atomic E-state index is -0.551. The molecule has 0 spiro atoms. The Labute approximate surface area is 155 Å². The van der Waals surface area contributed by atoms with Crippen LogP contribution in [0.15, 0.2) is 39.2 Å². The molecule has 0 N–H and O–H groups in total. The number of benzene rings is 1. The minimum absolute atomic E-state index is 0.107. The third-order valence-electron chi connectivity index (χ3n) is 3.81. The Morgan fingerprint density at radius 3 is 2.56 bits per heavy atom. The van der Waals surface area contributed by atoms with Crippen LogP contribution in [-0.4, -0.2) is 25.2 Å². The van der Waals surface area contributed by atoms with E-state index in [1.165, 1.54) is 13.2 Å². The second-order valence-electron chi connectivity index (χ2n) is 6.19. The van der Waals surface area contributed by atoms with Crippen molar-refractivity contribution < 1.29 is 32.6 Å². The van der Waals surface area contributed by atoms with Gasteiger partial charge in [-0.25, -0.2) is 9.59 Å². The number of aryl methyl sites for hydroxylation is 1. The zero-order valence-corrected chi connectivity index (χ0v) is 15.5. The summed E-state index contributed by atoms with van der Waals surface area (Å²) < 4.78 is 26.6. The SMILES string of the molecule is COC(=O)c1ccc(COc2ccc3oc(C)c(C(=O)OC(C)C)c3c2)o1. The van der Waals surface area contributed by atoms with Gasteiger partial charge in [-0.15, -0.1) is 0 Å². The second-order valence-corrected chi connectivity index (χ2v) is 6.19. The summed E-state index contributed by atoms with van der Waals surface area (Å²) in [6, 6.07) is 8.33. The number of ether oxygens (including phenoxy) is 3. The largest absolute Gasteiger partial charge is 0.486 e. The third kappa shape index (κ3) is 3.97. The van der Waals surface area contributed by atoms with Crippen LogP contribution in [0.5, 0.6) is 5.75 Å². The van der Waals surface area contributed by atoms with E-state index in [1.54, 1.807) is 45.0 Å². The molecule has 0 unspecified atom stereocenters. The highest BCUT2D eigenvalue weighted by atomic mass is 16.5. The van der Waals surface area contributed by atoms with Gasteiger partial charge in [0.2, 0.25) is 5.76 Å². The maximum absolute atomic E-state index is 12.4. The van der Waals surface area contributed by atoms with Crippen molar-refractivity contribution in [2.24, 2.45) is 0 Å². The fourth-order valence-electron chi connectivity index (χ4n) is 2.64. The average Bonchev–Trinajstić information content (AvgIpc) is 3.21. The number of esters is 2. The Bertz CT molecular complexity index is 978. The normalized spacial score (nSPS) is 11.0. The molecule has 0 amide bonds. The van der Waals surface area contributed by atoms with E-state index in [1.807, 2.05) is 0 Å². The highest BCUT2D eigenvalue weighted by Gasteiger charge is 2.21. The van der Waals surface area contributed by atoms with Crippen LogP contribution in [0.3, 0.4) is 0 Å². The number of furan rings is 2. The summed E-state index contributed by atoms with van der Waals surface area (Å²) in [5.74, 6) is 0.602. The van der Waals surface area contributed by atoms with Gasteiger partial charge >= 0.3 is 11.9 Å². The molecule has 27 heavy (non-hydrogen) atoms. The second kappa shape index (κ2) is 7.57. The molecule has 0 saturated carbocycles. The van der Waals surface area contributed by atoms with Crippen LogP contribution in [0.1, 0.15) is 46.3 Å². The van der Waals surface area contributed by atoms with Crippen LogP contribution >= 0.6 is 0 Å². The number of methoxy groups -OCH3 is 1. The van der Waals surface area contributed by atoms with Crippen molar-refractivity contribution in [1.82, 2.24) is 0 Å². The van der Waals surface area contributed by atoms with Crippen molar-refractivity contribution in [2.75, 3.05) is 7.11 Å². The van der Waals surface area contributed by atoms with E-state index in [2.05, 4.69) is 4.74 Å². The fraction of sp³-hybridized carbons (Fsp3) is 0.300. The summed E-state index contributed by atoms with van der Waals surface area (Å²) in [5.41, 5.74) is 0.955. The molecule has 0 aliphatic carbocycles. The van der Waals surface area contributed by atoms with Gasteiger partial charge in [0.1, 0.15) is 35.0 Å². The maximum Gasteiger partial charge on any atom is 0.373 e. The predicted molar refractivity (Wildman–Crippen MR) is 95.9 cm³/mol. The summed E-state index contributed by atoms with van der Waals surface area (Å²) in [6.45, 7) is 5.41. The third-order valence-corrected chi connectivity index (χ3v) is 3.81. The summed E-state index contributed by atoms with van der Waals surface area (Å²) >= 11 is 0. The average molecular weight is 372 g/mol. The molecule has 1 aromatic carbocycles. The zero-order chi connectivity index (χ0) is 19.6. The molecule has 2 heterocycles. The van der Waals surface area contributed by atoms with Crippen molar-refractivity contribution in [2.45, 2.75) is 33.5 Å². The first-order valence-electron chi connectivity index (χ1n) is 8.43. The Morgan fingerprint density at radius 2 is 1.85 bits per heavy atom. The molecule has 0 fully saturated rings. The Balaban J connectivity index is 1.80. The molecule has 3 rings (SSSR count). The molecule has 0 aliphatic heterocycles. The quantitative estimate of drug-likeness (QED) is 0.597. The highest BCUT2D eigenvalue weighted by molar-refractivity contribution is 6.04. The van der Waals surface area contributed by atoms with Crippen LogP contribution in [0, 0.1) is 6.92 Å². The minimum Gasteiger partial charge on any atom is -0.486 e. The number of carbonyl (C=O) groups excluding carboxylic acids is 2. The van der Waals surface area contributed by atoms with Crippen LogP contribution in [-0.2, 0) is 16.1 Å². The van der Waals surface area contributed by atoms with Crippen LogP contribution in [0.25, 0.3) is 11.0 Å². The van der Waals surface area contributed by atoms with Gasteiger partial charge in [0, 0.05) is 5.39 Å². The van der Waals surface area contributed by atoms with Gasteiger partial charge in [-0.1, -0.05) is 0 Å². The zero-order valence-electron chi connectivity index (χ0n) is 15.5. The van der Waals surface area contributed by atoms with E-state index in [0.29, 0.717) is 33.8 Å². The molecule has 0 radical (unpaired) electrons. The van der Waals surface area contributed by atoms with Crippen molar-refractivity contribution >= 4 is 22.9 Å².